The zero-order valence-corrected chi connectivity index (χ0v) is 11.9. The molecule has 0 saturated carbocycles. The Hall–Kier alpha value is -1.39. The van der Waals surface area contributed by atoms with Crippen LogP contribution in [0.4, 0.5) is 0 Å². The second kappa shape index (κ2) is 4.94. The fourth-order valence-electron chi connectivity index (χ4n) is 3.08. The molecule has 4 heteroatoms. The Morgan fingerprint density at radius 1 is 1.32 bits per heavy atom. The van der Waals surface area contributed by atoms with Crippen LogP contribution < -0.4 is 5.32 Å². The first-order valence-electron chi connectivity index (χ1n) is 6.48. The van der Waals surface area contributed by atoms with Gasteiger partial charge in [0.25, 0.3) is 0 Å². The van der Waals surface area contributed by atoms with Gasteiger partial charge in [0.2, 0.25) is 0 Å². The SMILES string of the molecule is CNC(c1c(C)cc(C)cc1C)C1(C(=O)O)COC1. The number of benzene rings is 1. The highest BCUT2D eigenvalue weighted by atomic mass is 16.5. The fourth-order valence-corrected chi connectivity index (χ4v) is 3.08. The van der Waals surface area contributed by atoms with Gasteiger partial charge in [-0.2, -0.15) is 0 Å². The Bertz CT molecular complexity index is 483. The molecule has 1 atom stereocenters. The summed E-state index contributed by atoms with van der Waals surface area (Å²) >= 11 is 0. The van der Waals surface area contributed by atoms with Crippen molar-refractivity contribution in [2.24, 2.45) is 5.41 Å². The molecule has 19 heavy (non-hydrogen) atoms. The van der Waals surface area contributed by atoms with Crippen LogP contribution in [0.5, 0.6) is 0 Å². The first kappa shape index (κ1) is 14.0. The lowest BCUT2D eigenvalue weighted by Crippen LogP contribution is -2.56. The number of carboxylic acid groups (broad SMARTS) is 1. The summed E-state index contributed by atoms with van der Waals surface area (Å²) in [5, 5.41) is 12.7. The molecule has 0 aliphatic carbocycles. The second-order valence-corrected chi connectivity index (χ2v) is 5.49. The third kappa shape index (κ3) is 2.15. The van der Waals surface area contributed by atoms with E-state index in [2.05, 4.69) is 24.4 Å². The van der Waals surface area contributed by atoms with Crippen LogP contribution in [0.25, 0.3) is 0 Å². The van der Waals surface area contributed by atoms with E-state index in [-0.39, 0.29) is 19.3 Å². The quantitative estimate of drug-likeness (QED) is 0.872. The first-order chi connectivity index (χ1) is 8.92. The van der Waals surface area contributed by atoms with Gasteiger partial charge in [-0.15, -0.1) is 0 Å². The van der Waals surface area contributed by atoms with E-state index >= 15 is 0 Å². The summed E-state index contributed by atoms with van der Waals surface area (Å²) in [7, 11) is 1.81. The molecule has 2 rings (SSSR count). The molecule has 0 amide bonds. The molecule has 1 heterocycles. The van der Waals surface area contributed by atoms with Crippen molar-refractivity contribution in [1.82, 2.24) is 5.32 Å². The molecule has 1 unspecified atom stereocenters. The van der Waals surface area contributed by atoms with Crippen LogP contribution in [-0.2, 0) is 9.53 Å². The Morgan fingerprint density at radius 3 is 2.16 bits per heavy atom. The smallest absolute Gasteiger partial charge is 0.316 e. The number of carbonyl (C=O) groups is 1. The van der Waals surface area contributed by atoms with Gasteiger partial charge in [0, 0.05) is 0 Å². The van der Waals surface area contributed by atoms with Crippen molar-refractivity contribution in [1.29, 1.82) is 0 Å². The average Bonchev–Trinajstić information content (AvgIpc) is 2.23. The maximum Gasteiger partial charge on any atom is 0.316 e. The van der Waals surface area contributed by atoms with Crippen LogP contribution in [0.2, 0.25) is 0 Å². The van der Waals surface area contributed by atoms with E-state index in [9.17, 15) is 9.90 Å². The van der Waals surface area contributed by atoms with E-state index in [0.717, 1.165) is 16.7 Å². The minimum Gasteiger partial charge on any atom is -0.481 e. The van der Waals surface area contributed by atoms with Crippen LogP contribution in [-0.4, -0.2) is 31.3 Å². The summed E-state index contributed by atoms with van der Waals surface area (Å²) in [6, 6.07) is 3.98. The van der Waals surface area contributed by atoms with E-state index in [1.54, 1.807) is 0 Å². The third-order valence-electron chi connectivity index (χ3n) is 4.01. The number of ether oxygens (including phenoxy) is 1. The summed E-state index contributed by atoms with van der Waals surface area (Å²) in [4.78, 5) is 11.6. The van der Waals surface area contributed by atoms with E-state index in [1.807, 2.05) is 20.9 Å². The number of aliphatic carboxylic acids is 1. The maximum absolute atomic E-state index is 11.6. The average molecular weight is 263 g/mol. The van der Waals surface area contributed by atoms with Crippen molar-refractivity contribution in [3.05, 3.63) is 34.4 Å². The van der Waals surface area contributed by atoms with Gasteiger partial charge in [-0.1, -0.05) is 17.7 Å². The molecule has 1 aliphatic heterocycles. The molecule has 104 valence electrons. The number of aryl methyl sites for hydroxylation is 3. The Morgan fingerprint density at radius 2 is 1.84 bits per heavy atom. The molecule has 0 spiro atoms. The molecular formula is C15H21NO3. The van der Waals surface area contributed by atoms with Crippen LogP contribution in [0.3, 0.4) is 0 Å². The summed E-state index contributed by atoms with van der Waals surface area (Å²) in [5.41, 5.74) is 3.69. The normalized spacial score (nSPS) is 18.7. The van der Waals surface area contributed by atoms with Gasteiger partial charge in [0.1, 0.15) is 5.41 Å². The van der Waals surface area contributed by atoms with E-state index in [4.69, 9.17) is 4.74 Å². The maximum atomic E-state index is 11.6. The molecule has 0 aromatic heterocycles. The highest BCUT2D eigenvalue weighted by Crippen LogP contribution is 2.43. The molecule has 1 aromatic rings. The minimum atomic E-state index is -0.848. The summed E-state index contributed by atoms with van der Waals surface area (Å²) in [6.45, 7) is 6.66. The highest BCUT2D eigenvalue weighted by molar-refractivity contribution is 5.77. The summed E-state index contributed by atoms with van der Waals surface area (Å²) in [5.74, 6) is -0.794. The van der Waals surface area contributed by atoms with Crippen molar-refractivity contribution in [2.45, 2.75) is 26.8 Å². The van der Waals surface area contributed by atoms with E-state index in [1.165, 1.54) is 5.56 Å². The van der Waals surface area contributed by atoms with Crippen molar-refractivity contribution >= 4 is 5.97 Å². The lowest BCUT2D eigenvalue weighted by atomic mass is 9.73. The van der Waals surface area contributed by atoms with Crippen LogP contribution >= 0.6 is 0 Å². The largest absolute Gasteiger partial charge is 0.481 e. The standard InChI is InChI=1S/C15H21NO3/c1-9-5-10(2)12(11(3)6-9)13(16-4)15(14(17)18)7-19-8-15/h5-6,13,16H,7-8H2,1-4H3,(H,17,18). The predicted octanol–water partition coefficient (Wildman–Crippen LogP) is 1.97. The van der Waals surface area contributed by atoms with Gasteiger partial charge in [-0.25, -0.2) is 0 Å². The predicted molar refractivity (Wildman–Crippen MR) is 73.3 cm³/mol. The zero-order chi connectivity index (χ0) is 14.2. The number of carboxylic acids is 1. The van der Waals surface area contributed by atoms with E-state index < -0.39 is 11.4 Å². The molecule has 4 nitrogen and oxygen atoms in total. The van der Waals surface area contributed by atoms with Crippen molar-refractivity contribution < 1.29 is 14.6 Å². The van der Waals surface area contributed by atoms with E-state index in [0.29, 0.717) is 0 Å². The Balaban J connectivity index is 2.51. The Kier molecular flexibility index (Phi) is 3.65. The van der Waals surface area contributed by atoms with Gasteiger partial charge in [0.15, 0.2) is 0 Å². The molecule has 1 aliphatic rings. The van der Waals surface area contributed by atoms with Gasteiger partial charge < -0.3 is 15.2 Å². The molecule has 0 radical (unpaired) electrons. The van der Waals surface area contributed by atoms with Crippen LogP contribution in [0.15, 0.2) is 12.1 Å². The fraction of sp³-hybridized carbons (Fsp3) is 0.533. The monoisotopic (exact) mass is 263 g/mol. The summed E-state index contributed by atoms with van der Waals surface area (Å²) in [6.07, 6.45) is 0. The second-order valence-electron chi connectivity index (χ2n) is 5.49. The Labute approximate surface area is 113 Å². The topological polar surface area (TPSA) is 58.6 Å². The number of hydrogen-bond acceptors (Lipinski definition) is 3. The van der Waals surface area contributed by atoms with Crippen molar-refractivity contribution in [3.8, 4) is 0 Å². The van der Waals surface area contributed by atoms with Crippen molar-refractivity contribution in [2.75, 3.05) is 20.3 Å². The number of rotatable bonds is 4. The molecular weight excluding hydrogens is 242 g/mol. The lowest BCUT2D eigenvalue weighted by molar-refractivity contribution is -0.186. The van der Waals surface area contributed by atoms with Crippen molar-refractivity contribution in [3.63, 3.8) is 0 Å². The van der Waals surface area contributed by atoms with Crippen LogP contribution in [0, 0.1) is 26.2 Å². The highest BCUT2D eigenvalue weighted by Gasteiger charge is 2.53. The molecule has 1 fully saturated rings. The third-order valence-corrected chi connectivity index (χ3v) is 4.01. The molecule has 2 N–H and O–H groups in total. The molecule has 1 aromatic carbocycles. The molecule has 1 saturated heterocycles. The number of hydrogen-bond donors (Lipinski definition) is 2. The minimum absolute atomic E-state index is 0.223. The zero-order valence-electron chi connectivity index (χ0n) is 11.9. The molecule has 0 bridgehead atoms. The lowest BCUT2D eigenvalue weighted by Gasteiger charge is -2.44. The number of nitrogens with one attached hydrogen (secondary N) is 1. The van der Waals surface area contributed by atoms with Gasteiger partial charge >= 0.3 is 5.97 Å². The van der Waals surface area contributed by atoms with Gasteiger partial charge in [-0.3, -0.25) is 4.79 Å². The van der Waals surface area contributed by atoms with Gasteiger partial charge in [0.05, 0.1) is 19.3 Å². The van der Waals surface area contributed by atoms with Gasteiger partial charge in [-0.05, 0) is 44.5 Å². The first-order valence-corrected chi connectivity index (χ1v) is 6.48. The van der Waals surface area contributed by atoms with Crippen LogP contribution in [0.1, 0.15) is 28.3 Å². The summed E-state index contributed by atoms with van der Waals surface area (Å²) < 4.78 is 5.19.